The second-order valence-corrected chi connectivity index (χ2v) is 6.44. The summed E-state index contributed by atoms with van der Waals surface area (Å²) >= 11 is 1.24. The lowest BCUT2D eigenvalue weighted by Gasteiger charge is -2.06. The highest BCUT2D eigenvalue weighted by Crippen LogP contribution is 2.18. The second-order valence-electron chi connectivity index (χ2n) is 5.50. The van der Waals surface area contributed by atoms with E-state index in [-0.39, 0.29) is 11.7 Å². The van der Waals surface area contributed by atoms with Crippen molar-refractivity contribution in [2.24, 2.45) is 0 Å². The van der Waals surface area contributed by atoms with E-state index < -0.39 is 0 Å². The summed E-state index contributed by atoms with van der Waals surface area (Å²) in [7, 11) is 1.63. The molecule has 0 radical (unpaired) electrons. The van der Waals surface area contributed by atoms with Crippen LogP contribution in [0.2, 0.25) is 0 Å². The van der Waals surface area contributed by atoms with Crippen LogP contribution in [-0.4, -0.2) is 33.6 Å². The molecule has 0 spiro atoms. The molecule has 134 valence electrons. The van der Waals surface area contributed by atoms with Gasteiger partial charge in [0, 0.05) is 12.1 Å². The Morgan fingerprint density at radius 3 is 2.58 bits per heavy atom. The molecule has 8 heteroatoms. The first-order valence-electron chi connectivity index (χ1n) is 7.95. The minimum Gasteiger partial charge on any atom is -0.497 e. The van der Waals surface area contributed by atoms with Crippen molar-refractivity contribution in [3.05, 3.63) is 66.0 Å². The zero-order valence-corrected chi connectivity index (χ0v) is 15.1. The molecule has 3 rings (SSSR count). The molecule has 0 aliphatic carbocycles. The van der Waals surface area contributed by atoms with Crippen LogP contribution in [0.5, 0.6) is 5.75 Å². The van der Waals surface area contributed by atoms with Crippen LogP contribution in [0.15, 0.2) is 59.8 Å². The lowest BCUT2D eigenvalue weighted by Crippen LogP contribution is -2.17. The number of ether oxygens (including phenoxy) is 1. The Labute approximate surface area is 155 Å². The van der Waals surface area contributed by atoms with E-state index in [1.165, 1.54) is 16.4 Å². The highest BCUT2D eigenvalue weighted by atomic mass is 32.2. The monoisotopic (exact) mass is 369 g/mol. The highest BCUT2D eigenvalue weighted by Gasteiger charge is 2.13. The SMILES string of the molecule is COc1ccc(Cc2nnc(SCC(=O)Nc3ccccc3)n2N)cc1. The fourth-order valence-corrected chi connectivity index (χ4v) is 2.98. The van der Waals surface area contributed by atoms with Gasteiger partial charge in [0.1, 0.15) is 5.75 Å². The first-order chi connectivity index (χ1) is 12.7. The molecular formula is C18H19N5O2S. The van der Waals surface area contributed by atoms with Crippen LogP contribution in [0, 0.1) is 0 Å². The zero-order chi connectivity index (χ0) is 18.4. The third kappa shape index (κ3) is 4.54. The minimum absolute atomic E-state index is 0.124. The van der Waals surface area contributed by atoms with Crippen LogP contribution in [-0.2, 0) is 11.2 Å². The number of nitrogen functional groups attached to an aromatic ring is 1. The van der Waals surface area contributed by atoms with Crippen molar-refractivity contribution in [1.82, 2.24) is 14.9 Å². The van der Waals surface area contributed by atoms with E-state index in [4.69, 9.17) is 10.6 Å². The molecule has 0 unspecified atom stereocenters. The lowest BCUT2D eigenvalue weighted by molar-refractivity contribution is -0.113. The number of hydrogen-bond acceptors (Lipinski definition) is 6. The fraction of sp³-hybridized carbons (Fsp3) is 0.167. The molecule has 1 amide bonds. The average Bonchev–Trinajstić information content (AvgIpc) is 3.01. The van der Waals surface area contributed by atoms with Gasteiger partial charge in [-0.3, -0.25) is 4.79 Å². The summed E-state index contributed by atoms with van der Waals surface area (Å²) in [5, 5.41) is 11.5. The van der Waals surface area contributed by atoms with E-state index >= 15 is 0 Å². The molecule has 3 N–H and O–H groups in total. The molecular weight excluding hydrogens is 350 g/mol. The van der Waals surface area contributed by atoms with Gasteiger partial charge in [0.2, 0.25) is 11.1 Å². The van der Waals surface area contributed by atoms with Gasteiger partial charge in [-0.1, -0.05) is 42.1 Å². The van der Waals surface area contributed by atoms with E-state index in [0.29, 0.717) is 17.4 Å². The smallest absolute Gasteiger partial charge is 0.234 e. The first-order valence-corrected chi connectivity index (χ1v) is 8.94. The largest absolute Gasteiger partial charge is 0.497 e. The summed E-state index contributed by atoms with van der Waals surface area (Å²) in [6.45, 7) is 0. The molecule has 7 nitrogen and oxygen atoms in total. The minimum atomic E-state index is -0.124. The van der Waals surface area contributed by atoms with E-state index in [9.17, 15) is 4.79 Å². The van der Waals surface area contributed by atoms with Gasteiger partial charge in [0.15, 0.2) is 5.82 Å². The van der Waals surface area contributed by atoms with Gasteiger partial charge in [0.25, 0.3) is 0 Å². The molecule has 2 aromatic carbocycles. The first kappa shape index (κ1) is 17.8. The summed E-state index contributed by atoms with van der Waals surface area (Å²) < 4.78 is 6.57. The van der Waals surface area contributed by atoms with Crippen molar-refractivity contribution in [1.29, 1.82) is 0 Å². The van der Waals surface area contributed by atoms with Gasteiger partial charge < -0.3 is 15.9 Å². The van der Waals surface area contributed by atoms with Gasteiger partial charge in [0.05, 0.1) is 12.9 Å². The standard InChI is InChI=1S/C18H19N5O2S/c1-25-15-9-7-13(8-10-15)11-16-21-22-18(23(16)19)26-12-17(24)20-14-5-3-2-4-6-14/h2-10H,11-12,19H2,1H3,(H,20,24). The van der Waals surface area contributed by atoms with Gasteiger partial charge in [-0.25, -0.2) is 4.68 Å². The predicted octanol–water partition coefficient (Wildman–Crippen LogP) is 2.32. The number of rotatable bonds is 7. The number of thioether (sulfide) groups is 1. The number of nitrogens with two attached hydrogens (primary N) is 1. The number of anilines is 1. The van der Waals surface area contributed by atoms with Gasteiger partial charge in [-0.15, -0.1) is 10.2 Å². The Balaban J connectivity index is 1.57. The summed E-state index contributed by atoms with van der Waals surface area (Å²) in [6.07, 6.45) is 0.546. The number of nitrogens with one attached hydrogen (secondary N) is 1. The summed E-state index contributed by atoms with van der Waals surface area (Å²) in [6, 6.07) is 17.0. The number of methoxy groups -OCH3 is 1. The Morgan fingerprint density at radius 2 is 1.88 bits per heavy atom. The highest BCUT2D eigenvalue weighted by molar-refractivity contribution is 7.99. The number of aromatic nitrogens is 3. The maximum absolute atomic E-state index is 12.0. The van der Waals surface area contributed by atoms with Crippen LogP contribution < -0.4 is 15.9 Å². The van der Waals surface area contributed by atoms with Crippen LogP contribution in [0.25, 0.3) is 0 Å². The van der Waals surface area contributed by atoms with Gasteiger partial charge >= 0.3 is 0 Å². The van der Waals surface area contributed by atoms with Crippen molar-refractivity contribution in [2.45, 2.75) is 11.6 Å². The number of carbonyl (C=O) groups is 1. The van der Waals surface area contributed by atoms with Crippen molar-refractivity contribution < 1.29 is 9.53 Å². The van der Waals surface area contributed by atoms with Crippen molar-refractivity contribution in [3.63, 3.8) is 0 Å². The molecule has 0 aliphatic rings. The molecule has 26 heavy (non-hydrogen) atoms. The second kappa shape index (κ2) is 8.39. The predicted molar refractivity (Wildman–Crippen MR) is 102 cm³/mol. The third-order valence-corrected chi connectivity index (χ3v) is 4.59. The Bertz CT molecular complexity index is 865. The molecule has 0 bridgehead atoms. The fourth-order valence-electron chi connectivity index (χ4n) is 2.30. The van der Waals surface area contributed by atoms with Crippen LogP contribution in [0.3, 0.4) is 0 Å². The van der Waals surface area contributed by atoms with Crippen LogP contribution in [0.4, 0.5) is 5.69 Å². The average molecular weight is 369 g/mol. The maximum Gasteiger partial charge on any atom is 0.234 e. The summed E-state index contributed by atoms with van der Waals surface area (Å²) in [5.74, 6) is 7.56. The van der Waals surface area contributed by atoms with Crippen LogP contribution in [0.1, 0.15) is 11.4 Å². The van der Waals surface area contributed by atoms with E-state index in [1.807, 2.05) is 54.6 Å². The molecule has 0 saturated heterocycles. The van der Waals surface area contributed by atoms with Crippen molar-refractivity contribution >= 4 is 23.4 Å². The van der Waals surface area contributed by atoms with Gasteiger partial charge in [-0.05, 0) is 29.8 Å². The van der Waals surface area contributed by atoms with Crippen molar-refractivity contribution in [3.8, 4) is 5.75 Å². The number of benzene rings is 2. The Morgan fingerprint density at radius 1 is 1.15 bits per heavy atom. The van der Waals surface area contributed by atoms with E-state index in [0.717, 1.165) is 17.0 Å². The lowest BCUT2D eigenvalue weighted by atomic mass is 10.1. The molecule has 0 aliphatic heterocycles. The Kier molecular flexibility index (Phi) is 5.75. The molecule has 1 aromatic heterocycles. The third-order valence-electron chi connectivity index (χ3n) is 3.65. The molecule has 0 saturated carbocycles. The molecule has 1 heterocycles. The van der Waals surface area contributed by atoms with Gasteiger partial charge in [-0.2, -0.15) is 0 Å². The topological polar surface area (TPSA) is 95.1 Å². The van der Waals surface area contributed by atoms with Crippen LogP contribution >= 0.6 is 11.8 Å². The van der Waals surface area contributed by atoms with E-state index in [2.05, 4.69) is 15.5 Å². The zero-order valence-electron chi connectivity index (χ0n) is 14.3. The molecule has 0 fully saturated rings. The number of hydrogen-bond donors (Lipinski definition) is 2. The number of para-hydroxylation sites is 1. The number of amides is 1. The summed E-state index contributed by atoms with van der Waals surface area (Å²) in [4.78, 5) is 12.0. The van der Waals surface area contributed by atoms with Crippen molar-refractivity contribution in [2.75, 3.05) is 24.0 Å². The normalized spacial score (nSPS) is 10.5. The Hall–Kier alpha value is -3.00. The molecule has 0 atom stereocenters. The quantitative estimate of drug-likeness (QED) is 0.490. The maximum atomic E-state index is 12.0. The molecule has 3 aromatic rings. The summed E-state index contributed by atoms with van der Waals surface area (Å²) in [5.41, 5.74) is 1.80. The number of carbonyl (C=O) groups excluding carboxylic acids is 1. The number of nitrogens with zero attached hydrogens (tertiary/aromatic N) is 3. The van der Waals surface area contributed by atoms with E-state index in [1.54, 1.807) is 7.11 Å².